The third-order valence-electron chi connectivity index (χ3n) is 3.09. The Balaban J connectivity index is 1.87. The molecule has 0 aliphatic rings. The maximum atomic E-state index is 13.4. The van der Waals surface area contributed by atoms with Gasteiger partial charge in [0.05, 0.1) is 11.1 Å². The molecule has 2 aromatic rings. The molecule has 126 valence electrons. The van der Waals surface area contributed by atoms with Crippen LogP contribution >= 0.6 is 0 Å². The molecule has 0 atom stereocenters. The average Bonchev–Trinajstić information content (AvgIpc) is 2.56. The maximum absolute atomic E-state index is 13.4. The highest BCUT2D eigenvalue weighted by Crippen LogP contribution is 2.14. The molecule has 4 nitrogen and oxygen atoms in total. The smallest absolute Gasteiger partial charge is 0.254 e. The topological polar surface area (TPSA) is 58.2 Å². The van der Waals surface area contributed by atoms with Crippen molar-refractivity contribution < 1.29 is 27.2 Å². The van der Waals surface area contributed by atoms with Crippen molar-refractivity contribution in [2.75, 3.05) is 13.1 Å². The van der Waals surface area contributed by atoms with E-state index >= 15 is 0 Å². The van der Waals surface area contributed by atoms with E-state index in [0.717, 1.165) is 12.1 Å². The Bertz CT molecular complexity index is 781. The Morgan fingerprint density at radius 1 is 0.708 bits per heavy atom. The molecule has 2 amide bonds. The Kier molecular flexibility index (Phi) is 5.51. The third-order valence-corrected chi connectivity index (χ3v) is 3.09. The minimum atomic E-state index is -1.74. The highest BCUT2D eigenvalue weighted by atomic mass is 19.2. The minimum Gasteiger partial charge on any atom is -0.350 e. The van der Waals surface area contributed by atoms with Crippen molar-refractivity contribution >= 4 is 11.8 Å². The molecule has 0 unspecified atom stereocenters. The van der Waals surface area contributed by atoms with Gasteiger partial charge in [-0.25, -0.2) is 17.6 Å². The van der Waals surface area contributed by atoms with Crippen molar-refractivity contribution in [2.24, 2.45) is 0 Å². The summed E-state index contributed by atoms with van der Waals surface area (Å²) in [6.07, 6.45) is 0. The zero-order valence-corrected chi connectivity index (χ0v) is 12.2. The maximum Gasteiger partial charge on any atom is 0.254 e. The van der Waals surface area contributed by atoms with E-state index in [-0.39, 0.29) is 18.7 Å². The van der Waals surface area contributed by atoms with Gasteiger partial charge in [0.2, 0.25) is 0 Å². The summed E-state index contributed by atoms with van der Waals surface area (Å²) < 4.78 is 52.6. The number of benzene rings is 2. The molecule has 0 heterocycles. The number of carbonyl (C=O) groups is 2. The van der Waals surface area contributed by atoms with Gasteiger partial charge in [-0.15, -0.1) is 0 Å². The molecule has 0 aliphatic carbocycles. The summed E-state index contributed by atoms with van der Waals surface area (Å²) in [5, 5.41) is 4.59. The van der Waals surface area contributed by atoms with Crippen molar-refractivity contribution in [1.82, 2.24) is 10.6 Å². The molecule has 24 heavy (non-hydrogen) atoms. The van der Waals surface area contributed by atoms with Gasteiger partial charge >= 0.3 is 0 Å². The lowest BCUT2D eigenvalue weighted by Crippen LogP contribution is -2.35. The Labute approximate surface area is 134 Å². The predicted octanol–water partition coefficient (Wildman–Crippen LogP) is 2.40. The van der Waals surface area contributed by atoms with Gasteiger partial charge in [0, 0.05) is 13.1 Å². The van der Waals surface area contributed by atoms with Crippen molar-refractivity contribution in [1.29, 1.82) is 0 Å². The summed E-state index contributed by atoms with van der Waals surface area (Å²) in [4.78, 5) is 23.4. The molecule has 0 bridgehead atoms. The van der Waals surface area contributed by atoms with Gasteiger partial charge in [0.1, 0.15) is 5.82 Å². The van der Waals surface area contributed by atoms with E-state index in [1.807, 2.05) is 0 Å². The number of rotatable bonds is 5. The second kappa shape index (κ2) is 7.58. The van der Waals surface area contributed by atoms with E-state index in [0.29, 0.717) is 6.07 Å². The largest absolute Gasteiger partial charge is 0.350 e. The minimum absolute atomic E-state index is 0.0653. The van der Waals surface area contributed by atoms with Crippen LogP contribution in [-0.4, -0.2) is 24.9 Å². The number of amides is 2. The molecule has 0 radical (unpaired) electrons. The number of nitrogens with one attached hydrogen (secondary N) is 2. The van der Waals surface area contributed by atoms with Crippen LogP contribution in [0.4, 0.5) is 17.6 Å². The predicted molar refractivity (Wildman–Crippen MR) is 77.4 cm³/mol. The summed E-state index contributed by atoms with van der Waals surface area (Å²) in [5.74, 6) is -7.07. The molecule has 2 N–H and O–H groups in total. The fraction of sp³-hybridized carbons (Fsp3) is 0.125. The number of carbonyl (C=O) groups excluding carboxylic acids is 2. The van der Waals surface area contributed by atoms with Crippen LogP contribution in [0.5, 0.6) is 0 Å². The van der Waals surface area contributed by atoms with Crippen molar-refractivity contribution in [3.05, 3.63) is 70.8 Å². The van der Waals surface area contributed by atoms with Crippen LogP contribution in [-0.2, 0) is 0 Å². The van der Waals surface area contributed by atoms with Crippen LogP contribution < -0.4 is 10.6 Å². The van der Waals surface area contributed by atoms with E-state index in [1.165, 1.54) is 18.2 Å². The zero-order valence-electron chi connectivity index (χ0n) is 12.2. The van der Waals surface area contributed by atoms with E-state index in [4.69, 9.17) is 0 Å². The van der Waals surface area contributed by atoms with Crippen molar-refractivity contribution in [2.45, 2.75) is 0 Å². The van der Waals surface area contributed by atoms with Crippen LogP contribution in [0.2, 0.25) is 0 Å². The van der Waals surface area contributed by atoms with E-state index in [9.17, 15) is 27.2 Å². The summed E-state index contributed by atoms with van der Waals surface area (Å²) in [6.45, 7) is -0.179. The summed E-state index contributed by atoms with van der Waals surface area (Å²) in [7, 11) is 0. The molecule has 0 aliphatic heterocycles. The molecule has 2 rings (SSSR count). The number of hydrogen-bond donors (Lipinski definition) is 2. The molecule has 0 spiro atoms. The fourth-order valence-electron chi connectivity index (χ4n) is 1.89. The first kappa shape index (κ1) is 17.5. The van der Waals surface area contributed by atoms with Gasteiger partial charge in [-0.05, 0) is 24.3 Å². The standard InChI is InChI=1S/C16H12F4N2O2/c17-11-4-2-1-3-9(11)15(23)21-7-8-22-16(24)10-5-6-12(18)14(20)13(10)19/h1-6H,7-8H2,(H,21,23)(H,22,24). The van der Waals surface area contributed by atoms with Crippen molar-refractivity contribution in [3.63, 3.8) is 0 Å². The SMILES string of the molecule is O=C(NCCNC(=O)c1ccc(F)c(F)c1F)c1ccccc1F. The van der Waals surface area contributed by atoms with Gasteiger partial charge in [0.15, 0.2) is 17.5 Å². The Hall–Kier alpha value is -2.90. The van der Waals surface area contributed by atoms with Crippen LogP contribution in [0.1, 0.15) is 20.7 Å². The highest BCUT2D eigenvalue weighted by Gasteiger charge is 2.18. The molecule has 8 heteroatoms. The Morgan fingerprint density at radius 2 is 1.29 bits per heavy atom. The molecule has 0 fully saturated rings. The summed E-state index contributed by atoms with van der Waals surface area (Å²) in [5.41, 5.74) is -0.815. The highest BCUT2D eigenvalue weighted by molar-refractivity contribution is 5.95. The lowest BCUT2D eigenvalue weighted by molar-refractivity contribution is 0.0922. The van der Waals surface area contributed by atoms with Gasteiger partial charge in [-0.2, -0.15) is 0 Å². The monoisotopic (exact) mass is 340 g/mol. The summed E-state index contributed by atoms with van der Waals surface area (Å²) >= 11 is 0. The lowest BCUT2D eigenvalue weighted by atomic mass is 10.2. The summed E-state index contributed by atoms with van der Waals surface area (Å²) in [6, 6.07) is 6.78. The van der Waals surface area contributed by atoms with Crippen LogP contribution in [0, 0.1) is 23.3 Å². The second-order valence-electron chi connectivity index (χ2n) is 4.71. The van der Waals surface area contributed by atoms with Gasteiger partial charge < -0.3 is 10.6 Å². The number of halogens is 4. The van der Waals surface area contributed by atoms with Crippen molar-refractivity contribution in [3.8, 4) is 0 Å². The molecule has 2 aromatic carbocycles. The molecule has 0 aromatic heterocycles. The first-order valence-corrected chi connectivity index (χ1v) is 6.86. The van der Waals surface area contributed by atoms with Crippen LogP contribution in [0.15, 0.2) is 36.4 Å². The zero-order chi connectivity index (χ0) is 17.7. The number of hydrogen-bond acceptors (Lipinski definition) is 2. The Morgan fingerprint density at radius 3 is 1.92 bits per heavy atom. The molecule has 0 saturated heterocycles. The van der Waals surface area contributed by atoms with E-state index in [1.54, 1.807) is 0 Å². The van der Waals surface area contributed by atoms with Gasteiger partial charge in [0.25, 0.3) is 11.8 Å². The first-order chi connectivity index (χ1) is 11.4. The second-order valence-corrected chi connectivity index (χ2v) is 4.71. The van der Waals surface area contributed by atoms with Gasteiger partial charge in [-0.3, -0.25) is 9.59 Å². The van der Waals surface area contributed by atoms with Crippen LogP contribution in [0.25, 0.3) is 0 Å². The lowest BCUT2D eigenvalue weighted by Gasteiger charge is -2.08. The van der Waals surface area contributed by atoms with E-state index in [2.05, 4.69) is 10.6 Å². The first-order valence-electron chi connectivity index (χ1n) is 6.86. The fourth-order valence-corrected chi connectivity index (χ4v) is 1.89. The molecule has 0 saturated carbocycles. The average molecular weight is 340 g/mol. The normalized spacial score (nSPS) is 10.3. The van der Waals surface area contributed by atoms with Gasteiger partial charge in [-0.1, -0.05) is 12.1 Å². The molecular weight excluding hydrogens is 328 g/mol. The third kappa shape index (κ3) is 3.89. The van der Waals surface area contributed by atoms with E-state index < -0.39 is 40.6 Å². The molecular formula is C16H12F4N2O2. The quantitative estimate of drug-likeness (QED) is 0.499. The van der Waals surface area contributed by atoms with Crippen LogP contribution in [0.3, 0.4) is 0 Å².